The van der Waals surface area contributed by atoms with Gasteiger partial charge in [-0.05, 0) is 48.1 Å². The monoisotopic (exact) mass is 344 g/mol. The van der Waals surface area contributed by atoms with Gasteiger partial charge in [0, 0.05) is 11.4 Å². The number of benzene rings is 1. The Morgan fingerprint density at radius 1 is 1.38 bits per heavy atom. The number of aryl methyl sites for hydroxylation is 2. The second-order valence-corrected chi connectivity index (χ2v) is 7.83. The third-order valence-electron chi connectivity index (χ3n) is 3.23. The summed E-state index contributed by atoms with van der Waals surface area (Å²) in [6.07, 6.45) is 0.882. The molecule has 3 N–H and O–H groups in total. The first kappa shape index (κ1) is 16.3. The summed E-state index contributed by atoms with van der Waals surface area (Å²) in [6.45, 7) is 4.03. The van der Waals surface area contributed by atoms with Crippen molar-refractivity contribution in [3.8, 4) is 0 Å². The number of hydrogen-bond donors (Lipinski definition) is 2. The molecule has 2 rings (SSSR count). The minimum atomic E-state index is -3.61. The van der Waals surface area contributed by atoms with E-state index in [1.165, 1.54) is 6.07 Å². The molecular weight excluding hydrogens is 328 g/mol. The molecule has 2 aromatic rings. The van der Waals surface area contributed by atoms with Gasteiger partial charge in [0.2, 0.25) is 10.0 Å². The van der Waals surface area contributed by atoms with Crippen molar-refractivity contribution in [3.63, 3.8) is 0 Å². The summed E-state index contributed by atoms with van der Waals surface area (Å²) in [5.74, 6) is 0. The maximum absolute atomic E-state index is 12.4. The number of nitrogens with one attached hydrogen (secondary N) is 1. The van der Waals surface area contributed by atoms with Gasteiger partial charge in [-0.2, -0.15) is 0 Å². The van der Waals surface area contributed by atoms with Crippen LogP contribution in [0.15, 0.2) is 28.5 Å². The van der Waals surface area contributed by atoms with Crippen molar-refractivity contribution in [3.05, 3.63) is 44.6 Å². The summed E-state index contributed by atoms with van der Waals surface area (Å²) >= 11 is 7.44. The molecule has 0 radical (unpaired) electrons. The zero-order chi connectivity index (χ0) is 15.6. The van der Waals surface area contributed by atoms with Gasteiger partial charge >= 0.3 is 0 Å². The molecule has 0 spiro atoms. The summed E-state index contributed by atoms with van der Waals surface area (Å²) in [4.78, 5) is 1.19. The second kappa shape index (κ2) is 6.36. The molecule has 0 atom stereocenters. The first-order chi connectivity index (χ1) is 9.85. The van der Waals surface area contributed by atoms with E-state index in [1.54, 1.807) is 24.3 Å². The molecule has 0 unspecified atom stereocenters. The highest BCUT2D eigenvalue weighted by atomic mass is 35.5. The molecular formula is C14H17ClN2O2S2. The molecule has 1 heterocycles. The Bertz CT molecular complexity index is 754. The fourth-order valence-corrected chi connectivity index (χ4v) is 4.51. The van der Waals surface area contributed by atoms with E-state index >= 15 is 0 Å². The number of anilines is 1. The van der Waals surface area contributed by atoms with E-state index in [0.717, 1.165) is 16.9 Å². The number of hydrogen-bond acceptors (Lipinski definition) is 4. The lowest BCUT2D eigenvalue weighted by atomic mass is 10.2. The number of nitrogens with two attached hydrogens (primary N) is 1. The van der Waals surface area contributed by atoms with E-state index in [9.17, 15) is 8.42 Å². The van der Waals surface area contributed by atoms with Crippen LogP contribution in [0.1, 0.15) is 22.9 Å². The maximum atomic E-state index is 12.4. The van der Waals surface area contributed by atoms with Crippen LogP contribution in [-0.4, -0.2) is 8.42 Å². The summed E-state index contributed by atoms with van der Waals surface area (Å²) in [7, 11) is -3.61. The number of nitrogen functional groups attached to an aromatic ring is 1. The number of halogens is 1. The first-order valence-electron chi connectivity index (χ1n) is 6.45. The molecule has 7 heteroatoms. The van der Waals surface area contributed by atoms with E-state index in [4.69, 9.17) is 17.3 Å². The molecule has 0 amide bonds. The highest BCUT2D eigenvalue weighted by Gasteiger charge is 2.19. The molecule has 0 aliphatic heterocycles. The van der Waals surface area contributed by atoms with Crippen LogP contribution >= 0.6 is 22.9 Å². The molecule has 1 aromatic carbocycles. The van der Waals surface area contributed by atoms with Gasteiger partial charge in [-0.1, -0.05) is 18.5 Å². The lowest BCUT2D eigenvalue weighted by Crippen LogP contribution is -2.24. The predicted molar refractivity (Wildman–Crippen MR) is 88.3 cm³/mol. The Hall–Kier alpha value is -1.08. The minimum Gasteiger partial charge on any atom is -0.397 e. The Morgan fingerprint density at radius 2 is 2.10 bits per heavy atom. The Balaban J connectivity index is 2.25. The quantitative estimate of drug-likeness (QED) is 0.817. The first-order valence-corrected chi connectivity index (χ1v) is 9.19. The zero-order valence-electron chi connectivity index (χ0n) is 11.8. The normalized spacial score (nSPS) is 11.8. The smallest absolute Gasteiger partial charge is 0.241 e. The molecule has 0 aliphatic carbocycles. The third kappa shape index (κ3) is 3.58. The van der Waals surface area contributed by atoms with Crippen molar-refractivity contribution in [1.29, 1.82) is 0 Å². The van der Waals surface area contributed by atoms with Crippen molar-refractivity contribution in [2.45, 2.75) is 31.7 Å². The van der Waals surface area contributed by atoms with Gasteiger partial charge in [0.25, 0.3) is 0 Å². The number of thiophene rings is 1. The number of sulfonamides is 1. The van der Waals surface area contributed by atoms with Gasteiger partial charge in [-0.3, -0.25) is 0 Å². The summed E-state index contributed by atoms with van der Waals surface area (Å²) in [5.41, 5.74) is 7.69. The molecule has 21 heavy (non-hydrogen) atoms. The fourth-order valence-electron chi connectivity index (χ4n) is 2.03. The minimum absolute atomic E-state index is 0.166. The largest absolute Gasteiger partial charge is 0.397 e. The highest BCUT2D eigenvalue weighted by molar-refractivity contribution is 7.89. The van der Waals surface area contributed by atoms with E-state index in [-0.39, 0.29) is 17.1 Å². The summed E-state index contributed by atoms with van der Waals surface area (Å²) in [5, 5.41) is 2.33. The van der Waals surface area contributed by atoms with Gasteiger partial charge in [-0.15, -0.1) is 11.3 Å². The topological polar surface area (TPSA) is 72.2 Å². The van der Waals surface area contributed by atoms with Crippen LogP contribution in [0.5, 0.6) is 0 Å². The molecule has 1 aromatic heterocycles. The lowest BCUT2D eigenvalue weighted by Gasteiger charge is -2.11. The zero-order valence-corrected chi connectivity index (χ0v) is 14.2. The Kier molecular flexibility index (Phi) is 4.93. The molecule has 0 aliphatic rings. The maximum Gasteiger partial charge on any atom is 0.241 e. The van der Waals surface area contributed by atoms with Gasteiger partial charge in [0.15, 0.2) is 0 Å². The molecule has 0 saturated heterocycles. The standard InChI is InChI=1S/C14H17ClN2O2S2/c1-3-10-4-5-20-13(10)8-17-21(18,19)14-7-12(16)11(15)6-9(14)2/h4-7,17H,3,8,16H2,1-2H3. The van der Waals surface area contributed by atoms with E-state index in [0.29, 0.717) is 10.6 Å². The van der Waals surface area contributed by atoms with Crippen LogP contribution in [0.4, 0.5) is 5.69 Å². The van der Waals surface area contributed by atoms with Crippen LogP contribution < -0.4 is 10.5 Å². The average molecular weight is 345 g/mol. The summed E-state index contributed by atoms with van der Waals surface area (Å²) < 4.78 is 27.4. The second-order valence-electron chi connectivity index (χ2n) is 4.69. The Morgan fingerprint density at radius 3 is 2.76 bits per heavy atom. The van der Waals surface area contributed by atoms with E-state index in [2.05, 4.69) is 4.72 Å². The Labute approximate surface area is 134 Å². The van der Waals surface area contributed by atoms with Crippen LogP contribution in [0.3, 0.4) is 0 Å². The van der Waals surface area contributed by atoms with Gasteiger partial charge in [0.05, 0.1) is 15.6 Å². The van der Waals surface area contributed by atoms with E-state index < -0.39 is 10.0 Å². The molecule has 114 valence electrons. The summed E-state index contributed by atoms with van der Waals surface area (Å²) in [6, 6.07) is 4.98. The third-order valence-corrected chi connectivity index (χ3v) is 6.06. The number of rotatable bonds is 5. The van der Waals surface area contributed by atoms with Crippen LogP contribution in [-0.2, 0) is 23.0 Å². The van der Waals surface area contributed by atoms with Gasteiger partial charge in [-0.25, -0.2) is 13.1 Å². The SMILES string of the molecule is CCc1ccsc1CNS(=O)(=O)c1cc(N)c(Cl)cc1C. The van der Waals surface area contributed by atoms with Crippen LogP contribution in [0.25, 0.3) is 0 Å². The van der Waals surface area contributed by atoms with Gasteiger partial charge in [0.1, 0.15) is 0 Å². The molecule has 0 saturated carbocycles. The average Bonchev–Trinajstić information content (AvgIpc) is 2.88. The lowest BCUT2D eigenvalue weighted by molar-refractivity contribution is 0.581. The van der Waals surface area contributed by atoms with Crippen molar-refractivity contribution < 1.29 is 8.42 Å². The predicted octanol–water partition coefficient (Wildman–Crippen LogP) is 3.33. The molecule has 4 nitrogen and oxygen atoms in total. The van der Waals surface area contributed by atoms with Crippen LogP contribution in [0, 0.1) is 6.92 Å². The van der Waals surface area contributed by atoms with Crippen molar-refractivity contribution >= 4 is 38.6 Å². The molecule has 0 bridgehead atoms. The highest BCUT2D eigenvalue weighted by Crippen LogP contribution is 2.26. The molecule has 0 fully saturated rings. The van der Waals surface area contributed by atoms with Gasteiger partial charge < -0.3 is 5.73 Å². The van der Waals surface area contributed by atoms with Crippen molar-refractivity contribution in [1.82, 2.24) is 4.72 Å². The fraction of sp³-hybridized carbons (Fsp3) is 0.286. The van der Waals surface area contributed by atoms with Crippen molar-refractivity contribution in [2.75, 3.05) is 5.73 Å². The van der Waals surface area contributed by atoms with Crippen LogP contribution in [0.2, 0.25) is 5.02 Å². The van der Waals surface area contributed by atoms with E-state index in [1.807, 2.05) is 18.4 Å². The van der Waals surface area contributed by atoms with Crippen molar-refractivity contribution in [2.24, 2.45) is 0 Å².